The lowest BCUT2D eigenvalue weighted by Crippen LogP contribution is -2.46. The Kier molecular flexibility index (Phi) is 6.41. The summed E-state index contributed by atoms with van der Waals surface area (Å²) in [6, 6.07) is 7.99. The maximum Gasteiger partial charge on any atom is 0.251 e. The Morgan fingerprint density at radius 3 is 2.17 bits per heavy atom. The van der Waals surface area contributed by atoms with Crippen molar-refractivity contribution < 1.29 is 9.59 Å². The summed E-state index contributed by atoms with van der Waals surface area (Å²) in [5, 5.41) is 3.11. The number of likely N-dealkylation sites (tertiary alicyclic amines) is 1. The molecule has 0 aliphatic carbocycles. The molecular formula is C20H30N2O2. The van der Waals surface area contributed by atoms with Crippen LogP contribution in [0.4, 0.5) is 0 Å². The number of amides is 2. The zero-order chi connectivity index (χ0) is 17.7. The lowest BCUT2D eigenvalue weighted by atomic mass is 10.0. The molecular weight excluding hydrogens is 300 g/mol. The summed E-state index contributed by atoms with van der Waals surface area (Å²) >= 11 is 0. The molecule has 1 fully saturated rings. The van der Waals surface area contributed by atoms with E-state index < -0.39 is 0 Å². The Labute approximate surface area is 145 Å². The Morgan fingerprint density at radius 1 is 1.08 bits per heavy atom. The predicted octanol–water partition coefficient (Wildman–Crippen LogP) is 3.58. The first kappa shape index (κ1) is 18.5. The summed E-state index contributed by atoms with van der Waals surface area (Å²) in [6.07, 6.45) is 2.28. The van der Waals surface area contributed by atoms with Gasteiger partial charge in [0, 0.05) is 31.1 Å². The Hall–Kier alpha value is -1.84. The van der Waals surface area contributed by atoms with Crippen LogP contribution in [0.2, 0.25) is 0 Å². The van der Waals surface area contributed by atoms with Crippen molar-refractivity contribution in [2.75, 3.05) is 13.1 Å². The molecule has 0 unspecified atom stereocenters. The Morgan fingerprint density at radius 2 is 1.67 bits per heavy atom. The minimum Gasteiger partial charge on any atom is -0.349 e. The molecule has 24 heavy (non-hydrogen) atoms. The quantitative estimate of drug-likeness (QED) is 0.897. The van der Waals surface area contributed by atoms with Crippen LogP contribution in [-0.4, -0.2) is 35.8 Å². The zero-order valence-corrected chi connectivity index (χ0v) is 15.3. The van der Waals surface area contributed by atoms with E-state index in [2.05, 4.69) is 33.0 Å². The van der Waals surface area contributed by atoms with Crippen LogP contribution < -0.4 is 5.32 Å². The topological polar surface area (TPSA) is 49.4 Å². The molecule has 1 N–H and O–H groups in total. The van der Waals surface area contributed by atoms with E-state index in [0.29, 0.717) is 23.8 Å². The van der Waals surface area contributed by atoms with Crippen LogP contribution in [-0.2, 0) is 4.79 Å². The van der Waals surface area contributed by atoms with E-state index in [0.717, 1.165) is 25.9 Å². The van der Waals surface area contributed by atoms with E-state index in [1.165, 1.54) is 5.56 Å². The van der Waals surface area contributed by atoms with E-state index in [9.17, 15) is 9.59 Å². The van der Waals surface area contributed by atoms with Gasteiger partial charge in [0.05, 0.1) is 0 Å². The van der Waals surface area contributed by atoms with Gasteiger partial charge in [-0.2, -0.15) is 0 Å². The number of nitrogens with zero attached hydrogens (tertiary/aromatic N) is 1. The number of piperidine rings is 1. The average Bonchev–Trinajstić information content (AvgIpc) is 2.55. The molecule has 0 aromatic heterocycles. The lowest BCUT2D eigenvalue weighted by molar-refractivity contribution is -0.133. The number of hydrogen-bond acceptors (Lipinski definition) is 2. The number of nitrogens with one attached hydrogen (secondary N) is 1. The van der Waals surface area contributed by atoms with Gasteiger partial charge in [-0.05, 0) is 42.4 Å². The van der Waals surface area contributed by atoms with Crippen LogP contribution in [0.15, 0.2) is 24.3 Å². The molecule has 1 heterocycles. The molecule has 132 valence electrons. The van der Waals surface area contributed by atoms with E-state index in [1.54, 1.807) is 0 Å². The van der Waals surface area contributed by atoms with Gasteiger partial charge in [0.1, 0.15) is 0 Å². The molecule has 0 spiro atoms. The normalized spacial score (nSPS) is 15.8. The summed E-state index contributed by atoms with van der Waals surface area (Å²) in [7, 11) is 0. The molecule has 1 saturated heterocycles. The van der Waals surface area contributed by atoms with Gasteiger partial charge >= 0.3 is 0 Å². The molecule has 1 aromatic carbocycles. The van der Waals surface area contributed by atoms with Gasteiger partial charge < -0.3 is 10.2 Å². The number of carbonyl (C=O) groups excluding carboxylic acids is 2. The van der Waals surface area contributed by atoms with Gasteiger partial charge in [0.2, 0.25) is 5.91 Å². The zero-order valence-electron chi connectivity index (χ0n) is 15.3. The third-order valence-corrected chi connectivity index (χ3v) is 4.61. The molecule has 4 nitrogen and oxygen atoms in total. The average molecular weight is 330 g/mol. The number of carbonyl (C=O) groups is 2. The van der Waals surface area contributed by atoms with Crippen molar-refractivity contribution in [3.8, 4) is 0 Å². The maximum absolute atomic E-state index is 12.4. The standard InChI is InChI=1S/C20H30N2O2/c1-14(2)13-19(23)22-11-9-18(10-12-22)21-20(24)17-7-5-16(6-8-17)15(3)4/h5-8,14-15,18H,9-13H2,1-4H3,(H,21,24). The van der Waals surface area contributed by atoms with Gasteiger partial charge in [-0.25, -0.2) is 0 Å². The van der Waals surface area contributed by atoms with Crippen molar-refractivity contribution in [2.45, 2.75) is 58.9 Å². The predicted molar refractivity (Wildman–Crippen MR) is 97.1 cm³/mol. The van der Waals surface area contributed by atoms with Crippen molar-refractivity contribution >= 4 is 11.8 Å². The molecule has 1 aliphatic rings. The highest BCUT2D eigenvalue weighted by Gasteiger charge is 2.24. The smallest absolute Gasteiger partial charge is 0.251 e. The monoisotopic (exact) mass is 330 g/mol. The fraction of sp³-hybridized carbons (Fsp3) is 0.600. The Bertz CT molecular complexity index is 556. The molecule has 4 heteroatoms. The largest absolute Gasteiger partial charge is 0.349 e. The molecule has 2 amide bonds. The van der Waals surface area contributed by atoms with Crippen LogP contribution >= 0.6 is 0 Å². The summed E-state index contributed by atoms with van der Waals surface area (Å²) in [5.74, 6) is 1.08. The van der Waals surface area contributed by atoms with Crippen molar-refractivity contribution in [1.29, 1.82) is 0 Å². The van der Waals surface area contributed by atoms with Crippen LogP contribution in [0.25, 0.3) is 0 Å². The van der Waals surface area contributed by atoms with Gasteiger partial charge in [-0.15, -0.1) is 0 Å². The summed E-state index contributed by atoms with van der Waals surface area (Å²) in [5.41, 5.74) is 1.95. The van der Waals surface area contributed by atoms with Crippen molar-refractivity contribution in [1.82, 2.24) is 10.2 Å². The maximum atomic E-state index is 12.4. The fourth-order valence-electron chi connectivity index (χ4n) is 3.04. The van der Waals surface area contributed by atoms with Gasteiger partial charge in [0.25, 0.3) is 5.91 Å². The first-order valence-corrected chi connectivity index (χ1v) is 9.05. The molecule has 0 radical (unpaired) electrons. The van der Waals surface area contributed by atoms with E-state index in [1.807, 2.05) is 29.2 Å². The summed E-state index contributed by atoms with van der Waals surface area (Å²) in [4.78, 5) is 26.4. The summed E-state index contributed by atoms with van der Waals surface area (Å²) in [6.45, 7) is 9.89. The van der Waals surface area contributed by atoms with Crippen LogP contribution in [0.5, 0.6) is 0 Å². The van der Waals surface area contributed by atoms with Crippen LogP contribution in [0.3, 0.4) is 0 Å². The van der Waals surface area contributed by atoms with Crippen molar-refractivity contribution in [3.63, 3.8) is 0 Å². The first-order valence-electron chi connectivity index (χ1n) is 9.05. The molecule has 0 bridgehead atoms. The fourth-order valence-corrected chi connectivity index (χ4v) is 3.04. The number of benzene rings is 1. The highest BCUT2D eigenvalue weighted by Crippen LogP contribution is 2.16. The molecule has 1 aromatic rings. The highest BCUT2D eigenvalue weighted by atomic mass is 16.2. The summed E-state index contributed by atoms with van der Waals surface area (Å²) < 4.78 is 0. The first-order chi connectivity index (χ1) is 11.4. The van der Waals surface area contributed by atoms with Crippen molar-refractivity contribution in [2.24, 2.45) is 5.92 Å². The minimum absolute atomic E-state index is 0.0164. The van der Waals surface area contributed by atoms with E-state index in [4.69, 9.17) is 0 Å². The SMILES string of the molecule is CC(C)CC(=O)N1CCC(NC(=O)c2ccc(C(C)C)cc2)CC1. The minimum atomic E-state index is -0.0164. The second-order valence-corrected chi connectivity index (χ2v) is 7.50. The van der Waals surface area contributed by atoms with E-state index in [-0.39, 0.29) is 17.9 Å². The van der Waals surface area contributed by atoms with Gasteiger partial charge in [0.15, 0.2) is 0 Å². The molecule has 0 atom stereocenters. The van der Waals surface area contributed by atoms with Gasteiger partial charge in [-0.1, -0.05) is 39.8 Å². The van der Waals surface area contributed by atoms with E-state index >= 15 is 0 Å². The third-order valence-electron chi connectivity index (χ3n) is 4.61. The van der Waals surface area contributed by atoms with Gasteiger partial charge in [-0.3, -0.25) is 9.59 Å². The number of rotatable bonds is 5. The van der Waals surface area contributed by atoms with Crippen LogP contribution in [0.1, 0.15) is 68.8 Å². The third kappa shape index (κ3) is 5.08. The van der Waals surface area contributed by atoms with Crippen molar-refractivity contribution in [3.05, 3.63) is 35.4 Å². The molecule has 0 saturated carbocycles. The second-order valence-electron chi connectivity index (χ2n) is 7.50. The Balaban J connectivity index is 1.83. The molecule has 1 aliphatic heterocycles. The lowest BCUT2D eigenvalue weighted by Gasteiger charge is -2.33. The van der Waals surface area contributed by atoms with Crippen LogP contribution in [0, 0.1) is 5.92 Å². The molecule has 2 rings (SSSR count). The number of hydrogen-bond donors (Lipinski definition) is 1. The highest BCUT2D eigenvalue weighted by molar-refractivity contribution is 5.94. The second kappa shape index (κ2) is 8.32.